The third-order valence-corrected chi connectivity index (χ3v) is 3.44. The molecular formula is C18H12N2O3. The number of hydrogen-bond acceptors (Lipinski definition) is 4. The monoisotopic (exact) mass is 304 g/mol. The van der Waals surface area contributed by atoms with E-state index in [1.807, 2.05) is 6.07 Å². The fourth-order valence-corrected chi connectivity index (χ4v) is 2.34. The Labute approximate surface area is 131 Å². The summed E-state index contributed by atoms with van der Waals surface area (Å²) in [5.74, 6) is -0.106. The zero-order valence-corrected chi connectivity index (χ0v) is 12.0. The number of nitrogens with zero attached hydrogens (tertiary/aromatic N) is 1. The van der Waals surface area contributed by atoms with Crippen molar-refractivity contribution in [2.24, 2.45) is 0 Å². The van der Waals surface area contributed by atoms with Crippen LogP contribution in [0.1, 0.15) is 32.1 Å². The van der Waals surface area contributed by atoms with Gasteiger partial charge in [0.05, 0.1) is 5.52 Å². The minimum Gasteiger partial charge on any atom is -0.335 e. The summed E-state index contributed by atoms with van der Waals surface area (Å²) in [6.07, 6.45) is 4.28. The highest BCUT2D eigenvalue weighted by atomic mass is 16.1. The number of nitrogens with one attached hydrogen (secondary N) is 1. The van der Waals surface area contributed by atoms with Crippen LogP contribution in [-0.2, 0) is 4.79 Å². The van der Waals surface area contributed by atoms with Gasteiger partial charge in [-0.05, 0) is 18.2 Å². The van der Waals surface area contributed by atoms with Gasteiger partial charge in [-0.1, -0.05) is 36.4 Å². The van der Waals surface area contributed by atoms with Crippen molar-refractivity contribution in [3.63, 3.8) is 0 Å². The van der Waals surface area contributed by atoms with E-state index >= 15 is 0 Å². The van der Waals surface area contributed by atoms with Gasteiger partial charge in [0.1, 0.15) is 11.8 Å². The Balaban J connectivity index is 2.17. The molecule has 3 rings (SSSR count). The number of ketones is 1. The molecule has 3 aromatic rings. The third-order valence-electron chi connectivity index (χ3n) is 3.44. The van der Waals surface area contributed by atoms with E-state index in [0.717, 1.165) is 0 Å². The van der Waals surface area contributed by atoms with Gasteiger partial charge >= 0.3 is 0 Å². The standard InChI is InChI=1S/C18H12N2O3/c21-10-4-7-12-8-9-14(11-22)16-15(12)19-18(20-16)17(23)13-5-2-1-3-6-13/h1-11H,(H,19,20)/b7-4+. The van der Waals surface area contributed by atoms with E-state index in [9.17, 15) is 14.4 Å². The molecule has 0 aliphatic carbocycles. The molecule has 23 heavy (non-hydrogen) atoms. The predicted molar refractivity (Wildman–Crippen MR) is 86.5 cm³/mol. The van der Waals surface area contributed by atoms with Gasteiger partial charge in [-0.3, -0.25) is 14.4 Å². The largest absolute Gasteiger partial charge is 0.335 e. The molecular weight excluding hydrogens is 292 g/mol. The number of fused-ring (bicyclic) bond motifs is 1. The van der Waals surface area contributed by atoms with Crippen LogP contribution in [-0.4, -0.2) is 28.3 Å². The second-order valence-electron chi connectivity index (χ2n) is 4.86. The number of allylic oxidation sites excluding steroid dienone is 1. The lowest BCUT2D eigenvalue weighted by atomic mass is 10.1. The first-order valence-corrected chi connectivity index (χ1v) is 6.94. The lowest BCUT2D eigenvalue weighted by Gasteiger charge is -1.97. The second-order valence-corrected chi connectivity index (χ2v) is 4.86. The van der Waals surface area contributed by atoms with Crippen molar-refractivity contribution in [2.45, 2.75) is 0 Å². The van der Waals surface area contributed by atoms with E-state index in [4.69, 9.17) is 0 Å². The molecule has 0 saturated carbocycles. The molecule has 5 nitrogen and oxygen atoms in total. The molecule has 1 aromatic heterocycles. The van der Waals surface area contributed by atoms with Gasteiger partial charge < -0.3 is 4.98 Å². The van der Waals surface area contributed by atoms with Crippen LogP contribution < -0.4 is 0 Å². The smallest absolute Gasteiger partial charge is 0.228 e. The molecule has 0 saturated heterocycles. The molecule has 112 valence electrons. The highest BCUT2D eigenvalue weighted by molar-refractivity contribution is 6.09. The summed E-state index contributed by atoms with van der Waals surface area (Å²) in [7, 11) is 0. The fraction of sp³-hybridized carbons (Fsp3) is 0. The lowest BCUT2D eigenvalue weighted by molar-refractivity contribution is -0.104. The molecule has 0 atom stereocenters. The Hall–Kier alpha value is -3.34. The summed E-state index contributed by atoms with van der Waals surface area (Å²) in [5, 5.41) is 0. The van der Waals surface area contributed by atoms with E-state index < -0.39 is 0 Å². The van der Waals surface area contributed by atoms with Crippen LogP contribution in [0, 0.1) is 0 Å². The van der Waals surface area contributed by atoms with E-state index in [1.165, 1.54) is 6.08 Å². The van der Waals surface area contributed by atoms with Crippen LogP contribution in [0.2, 0.25) is 0 Å². The first kappa shape index (κ1) is 14.6. The summed E-state index contributed by atoms with van der Waals surface area (Å²) in [6.45, 7) is 0. The zero-order valence-electron chi connectivity index (χ0n) is 12.0. The lowest BCUT2D eigenvalue weighted by Crippen LogP contribution is -2.03. The second kappa shape index (κ2) is 6.19. The maximum atomic E-state index is 12.5. The summed E-state index contributed by atoms with van der Waals surface area (Å²) in [6, 6.07) is 12.1. The number of carbonyl (C=O) groups is 3. The van der Waals surface area contributed by atoms with Gasteiger partial charge in [0, 0.05) is 16.7 Å². The number of aromatic nitrogens is 2. The maximum Gasteiger partial charge on any atom is 0.228 e. The average Bonchev–Trinajstić information content (AvgIpc) is 3.05. The number of hydrogen-bond donors (Lipinski definition) is 1. The number of imidazole rings is 1. The molecule has 0 aliphatic heterocycles. The molecule has 1 N–H and O–H groups in total. The van der Waals surface area contributed by atoms with Crippen LogP contribution in [0.3, 0.4) is 0 Å². The van der Waals surface area contributed by atoms with Crippen molar-refractivity contribution in [1.82, 2.24) is 9.97 Å². The number of H-pyrrole nitrogens is 1. The number of carbonyl (C=O) groups excluding carboxylic acids is 3. The Morgan fingerprint density at radius 2 is 1.74 bits per heavy atom. The highest BCUT2D eigenvalue weighted by Crippen LogP contribution is 2.22. The highest BCUT2D eigenvalue weighted by Gasteiger charge is 2.16. The van der Waals surface area contributed by atoms with E-state index in [1.54, 1.807) is 42.5 Å². The quantitative estimate of drug-likeness (QED) is 0.446. The first-order valence-electron chi connectivity index (χ1n) is 6.94. The summed E-state index contributed by atoms with van der Waals surface area (Å²) < 4.78 is 0. The molecule has 2 aromatic carbocycles. The van der Waals surface area contributed by atoms with Gasteiger partial charge in [0.2, 0.25) is 5.78 Å². The number of aromatic amines is 1. The topological polar surface area (TPSA) is 79.9 Å². The molecule has 0 bridgehead atoms. The number of rotatable bonds is 5. The maximum absolute atomic E-state index is 12.5. The van der Waals surface area contributed by atoms with E-state index in [0.29, 0.717) is 40.3 Å². The summed E-state index contributed by atoms with van der Waals surface area (Å²) in [5.41, 5.74) is 2.52. The van der Waals surface area contributed by atoms with Gasteiger partial charge in [0.25, 0.3) is 0 Å². The molecule has 5 heteroatoms. The molecule has 0 fully saturated rings. The van der Waals surface area contributed by atoms with Gasteiger partial charge in [-0.15, -0.1) is 0 Å². The van der Waals surface area contributed by atoms with Crippen molar-refractivity contribution in [3.8, 4) is 0 Å². The molecule has 0 radical (unpaired) electrons. The summed E-state index contributed by atoms with van der Waals surface area (Å²) >= 11 is 0. The number of benzene rings is 2. The SMILES string of the molecule is O=C/C=C/c1ccc(C=O)c2nc(C(=O)c3ccccc3)[nH]c12. The zero-order chi connectivity index (χ0) is 16.2. The molecule has 0 unspecified atom stereocenters. The van der Waals surface area contributed by atoms with Crippen LogP contribution >= 0.6 is 0 Å². The molecule has 1 heterocycles. The van der Waals surface area contributed by atoms with Crippen LogP contribution in [0.25, 0.3) is 17.1 Å². The van der Waals surface area contributed by atoms with Crippen LogP contribution in [0.5, 0.6) is 0 Å². The predicted octanol–water partition coefficient (Wildman–Crippen LogP) is 2.82. The normalized spacial score (nSPS) is 11.0. The van der Waals surface area contributed by atoms with Crippen molar-refractivity contribution in [3.05, 3.63) is 71.1 Å². The van der Waals surface area contributed by atoms with E-state index in [-0.39, 0.29) is 11.6 Å². The van der Waals surface area contributed by atoms with Crippen molar-refractivity contribution in [2.75, 3.05) is 0 Å². The molecule has 0 amide bonds. The Morgan fingerprint density at radius 3 is 2.43 bits per heavy atom. The van der Waals surface area contributed by atoms with Crippen LogP contribution in [0.4, 0.5) is 0 Å². The third kappa shape index (κ3) is 2.72. The number of aldehydes is 2. The first-order chi connectivity index (χ1) is 11.2. The Morgan fingerprint density at radius 1 is 1.00 bits per heavy atom. The summed E-state index contributed by atoms with van der Waals surface area (Å²) in [4.78, 5) is 41.4. The Bertz CT molecular complexity index is 924. The van der Waals surface area contributed by atoms with Crippen molar-refractivity contribution in [1.29, 1.82) is 0 Å². The molecule has 0 spiro atoms. The van der Waals surface area contributed by atoms with Gasteiger partial charge in [-0.25, -0.2) is 4.98 Å². The minimum absolute atomic E-state index is 0.154. The van der Waals surface area contributed by atoms with Crippen LogP contribution in [0.15, 0.2) is 48.5 Å². The molecule has 0 aliphatic rings. The average molecular weight is 304 g/mol. The Kier molecular flexibility index (Phi) is 3.93. The van der Waals surface area contributed by atoms with Gasteiger partial charge in [0.15, 0.2) is 12.1 Å². The van der Waals surface area contributed by atoms with E-state index in [2.05, 4.69) is 9.97 Å². The van der Waals surface area contributed by atoms with Crippen molar-refractivity contribution >= 4 is 35.5 Å². The minimum atomic E-state index is -0.260. The fourth-order valence-electron chi connectivity index (χ4n) is 2.34. The van der Waals surface area contributed by atoms with Gasteiger partial charge in [-0.2, -0.15) is 0 Å². The van der Waals surface area contributed by atoms with Crippen molar-refractivity contribution < 1.29 is 14.4 Å².